The molecule has 2 nitrogen and oxygen atoms in total. The van der Waals surface area contributed by atoms with Gasteiger partial charge < -0.3 is 9.47 Å². The van der Waals surface area contributed by atoms with Gasteiger partial charge >= 0.3 is 0 Å². The van der Waals surface area contributed by atoms with Gasteiger partial charge in [-0.2, -0.15) is 0 Å². The molecular formula is C22H31ClO2. The molecule has 0 N–H and O–H groups in total. The monoisotopic (exact) mass is 362 g/mol. The molecule has 25 heavy (non-hydrogen) atoms. The van der Waals surface area contributed by atoms with Gasteiger partial charge in [-0.25, -0.2) is 0 Å². The second kappa shape index (κ2) is 11.3. The van der Waals surface area contributed by atoms with Gasteiger partial charge in [0.25, 0.3) is 0 Å². The maximum Gasteiger partial charge on any atom is 0.127 e. The third kappa shape index (κ3) is 6.43. The lowest BCUT2D eigenvalue weighted by Crippen LogP contribution is -2.01. The van der Waals surface area contributed by atoms with E-state index in [0.29, 0.717) is 12.5 Å². The first-order valence-electron chi connectivity index (χ1n) is 9.61. The van der Waals surface area contributed by atoms with E-state index >= 15 is 0 Å². The molecule has 0 saturated carbocycles. The molecule has 0 bridgehead atoms. The number of benzene rings is 2. The van der Waals surface area contributed by atoms with E-state index in [9.17, 15) is 0 Å². The molecule has 138 valence electrons. The standard InChI is InChI=1S/C22H31ClO2/c1-3-4-5-6-7-8-15-24-21-12-13-22(25-16-9-14-23)20-17-18(2)10-11-19(20)21/h10-13,17H,3-9,14-16H2,1-2H3. The molecular weight excluding hydrogens is 332 g/mol. The minimum absolute atomic E-state index is 0.621. The Bertz CT molecular complexity index is 639. The van der Waals surface area contributed by atoms with Crippen LogP contribution in [0.3, 0.4) is 0 Å². The van der Waals surface area contributed by atoms with Crippen molar-refractivity contribution in [2.24, 2.45) is 0 Å². The Balaban J connectivity index is 1.99. The number of alkyl halides is 1. The normalized spacial score (nSPS) is 11.0. The zero-order chi connectivity index (χ0) is 17.9. The van der Waals surface area contributed by atoms with Crippen LogP contribution in [0.25, 0.3) is 10.8 Å². The molecule has 2 rings (SSSR count). The molecule has 0 aromatic heterocycles. The summed E-state index contributed by atoms with van der Waals surface area (Å²) in [5, 5.41) is 2.25. The molecule has 0 fully saturated rings. The molecule has 2 aromatic rings. The SMILES string of the molecule is CCCCCCCCOc1ccc(OCCCCl)c2cc(C)ccc12. The quantitative estimate of drug-likeness (QED) is 0.302. The zero-order valence-corrected chi connectivity index (χ0v) is 16.4. The van der Waals surface area contributed by atoms with Crippen molar-refractivity contribution in [2.75, 3.05) is 19.1 Å². The summed E-state index contributed by atoms with van der Waals surface area (Å²) in [6.45, 7) is 5.77. The van der Waals surface area contributed by atoms with Crippen molar-refractivity contribution >= 4 is 22.4 Å². The Morgan fingerprint density at radius 1 is 0.760 bits per heavy atom. The first-order valence-corrected chi connectivity index (χ1v) is 10.1. The van der Waals surface area contributed by atoms with Crippen LogP contribution in [0.5, 0.6) is 11.5 Å². The van der Waals surface area contributed by atoms with Crippen LogP contribution in [0.1, 0.15) is 57.4 Å². The summed E-state index contributed by atoms with van der Waals surface area (Å²) < 4.78 is 12.0. The molecule has 0 aliphatic rings. The summed E-state index contributed by atoms with van der Waals surface area (Å²) in [6, 6.07) is 10.5. The molecule has 0 unspecified atom stereocenters. The van der Waals surface area contributed by atoms with E-state index in [0.717, 1.165) is 41.7 Å². The average Bonchev–Trinajstić information content (AvgIpc) is 2.62. The van der Waals surface area contributed by atoms with Gasteiger partial charge in [-0.15, -0.1) is 11.6 Å². The van der Waals surface area contributed by atoms with Crippen LogP contribution in [0, 0.1) is 6.92 Å². The molecule has 3 heteroatoms. The molecule has 0 amide bonds. The predicted octanol–water partition coefficient (Wildman–Crippen LogP) is 6.90. The summed E-state index contributed by atoms with van der Waals surface area (Å²) in [4.78, 5) is 0. The van der Waals surface area contributed by atoms with E-state index in [1.165, 1.54) is 37.7 Å². The van der Waals surface area contributed by atoms with Crippen molar-refractivity contribution in [2.45, 2.75) is 58.8 Å². The zero-order valence-electron chi connectivity index (χ0n) is 15.7. The smallest absolute Gasteiger partial charge is 0.127 e. The Labute approximate surface area is 157 Å². The van der Waals surface area contributed by atoms with E-state index < -0.39 is 0 Å². The number of aryl methyl sites for hydroxylation is 1. The fourth-order valence-corrected chi connectivity index (χ4v) is 3.07. The van der Waals surface area contributed by atoms with Crippen LogP contribution in [0.2, 0.25) is 0 Å². The van der Waals surface area contributed by atoms with Crippen molar-refractivity contribution in [3.63, 3.8) is 0 Å². The van der Waals surface area contributed by atoms with Crippen LogP contribution in [0.15, 0.2) is 30.3 Å². The Morgan fingerprint density at radius 2 is 1.40 bits per heavy atom. The van der Waals surface area contributed by atoms with Crippen molar-refractivity contribution < 1.29 is 9.47 Å². The molecule has 0 aliphatic heterocycles. The molecule has 0 spiro atoms. The Kier molecular flexibility index (Phi) is 8.96. The number of unbranched alkanes of at least 4 members (excludes halogenated alkanes) is 5. The topological polar surface area (TPSA) is 18.5 Å². The third-order valence-corrected chi connectivity index (χ3v) is 4.65. The van der Waals surface area contributed by atoms with Gasteiger partial charge in [0.1, 0.15) is 11.5 Å². The summed E-state index contributed by atoms with van der Waals surface area (Å²) in [5.74, 6) is 2.49. The highest BCUT2D eigenvalue weighted by atomic mass is 35.5. The number of hydrogen-bond donors (Lipinski definition) is 0. The lowest BCUT2D eigenvalue weighted by Gasteiger charge is -2.14. The molecule has 0 atom stereocenters. The van der Waals surface area contributed by atoms with E-state index in [4.69, 9.17) is 21.1 Å². The molecule has 2 aromatic carbocycles. The largest absolute Gasteiger partial charge is 0.493 e. The summed E-state index contributed by atoms with van der Waals surface area (Å²) in [5.41, 5.74) is 1.22. The Morgan fingerprint density at radius 3 is 2.12 bits per heavy atom. The summed E-state index contributed by atoms with van der Waals surface area (Å²) in [6.07, 6.45) is 8.50. The van der Waals surface area contributed by atoms with Crippen molar-refractivity contribution in [1.29, 1.82) is 0 Å². The minimum atomic E-state index is 0.621. The summed E-state index contributed by atoms with van der Waals surface area (Å²) >= 11 is 5.75. The number of ether oxygens (including phenoxy) is 2. The fraction of sp³-hybridized carbons (Fsp3) is 0.545. The molecule has 0 heterocycles. The first kappa shape index (κ1) is 19.9. The van der Waals surface area contributed by atoms with E-state index in [1.807, 2.05) is 12.1 Å². The molecule has 0 radical (unpaired) electrons. The van der Waals surface area contributed by atoms with Gasteiger partial charge in [-0.1, -0.05) is 56.7 Å². The van der Waals surface area contributed by atoms with Crippen molar-refractivity contribution in [3.8, 4) is 11.5 Å². The van der Waals surface area contributed by atoms with Gasteiger partial charge in [0.2, 0.25) is 0 Å². The molecule has 0 saturated heterocycles. The number of halogens is 1. The summed E-state index contributed by atoms with van der Waals surface area (Å²) in [7, 11) is 0. The van der Waals surface area contributed by atoms with E-state index in [-0.39, 0.29) is 0 Å². The maximum absolute atomic E-state index is 6.07. The second-order valence-electron chi connectivity index (χ2n) is 6.62. The van der Waals surface area contributed by atoms with Crippen LogP contribution < -0.4 is 9.47 Å². The van der Waals surface area contributed by atoms with Crippen LogP contribution >= 0.6 is 11.6 Å². The van der Waals surface area contributed by atoms with Gasteiger partial charge in [-0.05, 0) is 38.0 Å². The number of fused-ring (bicyclic) bond motifs is 1. The van der Waals surface area contributed by atoms with Crippen LogP contribution in [-0.4, -0.2) is 19.1 Å². The highest BCUT2D eigenvalue weighted by Crippen LogP contribution is 2.34. The maximum atomic E-state index is 6.07. The minimum Gasteiger partial charge on any atom is -0.493 e. The van der Waals surface area contributed by atoms with Crippen molar-refractivity contribution in [3.05, 3.63) is 35.9 Å². The third-order valence-electron chi connectivity index (χ3n) is 4.38. The van der Waals surface area contributed by atoms with Gasteiger partial charge in [0.05, 0.1) is 13.2 Å². The van der Waals surface area contributed by atoms with Crippen molar-refractivity contribution in [1.82, 2.24) is 0 Å². The molecule has 0 aliphatic carbocycles. The van der Waals surface area contributed by atoms with E-state index in [1.54, 1.807) is 0 Å². The average molecular weight is 363 g/mol. The van der Waals surface area contributed by atoms with Crippen LogP contribution in [0.4, 0.5) is 0 Å². The first-order chi connectivity index (χ1) is 12.3. The van der Waals surface area contributed by atoms with E-state index in [2.05, 4.69) is 32.0 Å². The van der Waals surface area contributed by atoms with Crippen LogP contribution in [-0.2, 0) is 0 Å². The highest BCUT2D eigenvalue weighted by molar-refractivity contribution is 6.17. The van der Waals surface area contributed by atoms with Gasteiger partial charge in [-0.3, -0.25) is 0 Å². The fourth-order valence-electron chi connectivity index (χ4n) is 2.96. The van der Waals surface area contributed by atoms with Gasteiger partial charge in [0.15, 0.2) is 0 Å². The van der Waals surface area contributed by atoms with Gasteiger partial charge in [0, 0.05) is 16.7 Å². The Hall–Kier alpha value is -1.41. The highest BCUT2D eigenvalue weighted by Gasteiger charge is 2.08. The second-order valence-corrected chi connectivity index (χ2v) is 7.00. The number of hydrogen-bond acceptors (Lipinski definition) is 2. The lowest BCUT2D eigenvalue weighted by atomic mass is 10.1. The predicted molar refractivity (Wildman–Crippen MR) is 108 cm³/mol. The lowest BCUT2D eigenvalue weighted by molar-refractivity contribution is 0.305. The number of rotatable bonds is 12.